The van der Waals surface area contributed by atoms with Crippen molar-refractivity contribution in [1.29, 1.82) is 0 Å². The van der Waals surface area contributed by atoms with Gasteiger partial charge in [-0.25, -0.2) is 4.79 Å². The van der Waals surface area contributed by atoms with E-state index in [2.05, 4.69) is 46.8 Å². The summed E-state index contributed by atoms with van der Waals surface area (Å²) in [6.07, 6.45) is 1.70. The molecule has 1 aromatic carbocycles. The molecule has 3 saturated carbocycles. The van der Waals surface area contributed by atoms with Gasteiger partial charge >= 0.3 is 13.2 Å². The Hall–Kier alpha value is -3.12. The molecule has 5 rings (SSSR count). The van der Waals surface area contributed by atoms with Gasteiger partial charge in [-0.15, -0.1) is 0 Å². The minimum Gasteiger partial charge on any atom is -0.453 e. The van der Waals surface area contributed by atoms with Crippen LogP contribution >= 0.6 is 0 Å². The highest BCUT2D eigenvalue weighted by molar-refractivity contribution is 6.46. The number of ether oxygens (including phenoxy) is 1. The van der Waals surface area contributed by atoms with E-state index in [0.717, 1.165) is 18.4 Å². The molecule has 4 aliphatic rings. The number of methoxy groups -OCH3 is 1. The first-order valence-electron chi connectivity index (χ1n) is 13.9. The quantitative estimate of drug-likeness (QED) is 0.319. The van der Waals surface area contributed by atoms with Gasteiger partial charge in [0.1, 0.15) is 18.1 Å². The summed E-state index contributed by atoms with van der Waals surface area (Å²) in [7, 11) is 0.644. The van der Waals surface area contributed by atoms with Gasteiger partial charge in [-0.2, -0.15) is 0 Å². The van der Waals surface area contributed by atoms with Crippen molar-refractivity contribution in [2.75, 3.05) is 13.6 Å². The molecule has 2 bridgehead atoms. The zero-order chi connectivity index (χ0) is 29.2. The summed E-state index contributed by atoms with van der Waals surface area (Å²) in [5.41, 5.74) is 0.713. The average Bonchev–Trinajstić information content (AvgIpc) is 3.27. The van der Waals surface area contributed by atoms with Gasteiger partial charge in [-0.3, -0.25) is 14.4 Å². The number of carbonyl (C=O) groups excluding carboxylic acids is 4. The summed E-state index contributed by atoms with van der Waals surface area (Å²) >= 11 is 0. The van der Waals surface area contributed by atoms with Crippen molar-refractivity contribution >= 4 is 30.9 Å². The summed E-state index contributed by atoms with van der Waals surface area (Å²) in [4.78, 5) is 50.3. The lowest BCUT2D eigenvalue weighted by atomic mass is 9.45. The largest absolute Gasteiger partial charge is 0.478 e. The minimum absolute atomic E-state index is 0.00458. The third kappa shape index (κ3) is 6.28. The topological polar surface area (TPSA) is 144 Å². The molecule has 3 aliphatic carbocycles. The number of benzene rings is 1. The molecule has 7 atom stereocenters. The molecule has 1 saturated heterocycles. The van der Waals surface area contributed by atoms with Gasteiger partial charge in [-0.05, 0) is 56.4 Å². The Bertz CT molecular complexity index is 1120. The number of rotatable bonds is 10. The Morgan fingerprint density at radius 2 is 1.68 bits per heavy atom. The maximum Gasteiger partial charge on any atom is 0.478 e. The van der Waals surface area contributed by atoms with Crippen molar-refractivity contribution < 1.29 is 33.2 Å². The molecule has 12 heteroatoms. The van der Waals surface area contributed by atoms with Gasteiger partial charge in [0.15, 0.2) is 0 Å². The molecular formula is C28H41BN4O7. The van der Waals surface area contributed by atoms with Gasteiger partial charge in [0.05, 0.1) is 25.3 Å². The first-order valence-corrected chi connectivity index (χ1v) is 13.9. The molecule has 7 unspecified atom stereocenters. The maximum absolute atomic E-state index is 13.2. The predicted molar refractivity (Wildman–Crippen MR) is 148 cm³/mol. The van der Waals surface area contributed by atoms with Crippen molar-refractivity contribution in [3.05, 3.63) is 35.9 Å². The van der Waals surface area contributed by atoms with Crippen LogP contribution in [-0.2, 0) is 34.9 Å². The Kier molecular flexibility index (Phi) is 8.79. The van der Waals surface area contributed by atoms with Crippen LogP contribution in [0.2, 0.25) is 0 Å². The number of carbonyl (C=O) groups is 4. The van der Waals surface area contributed by atoms with Gasteiger partial charge in [0.25, 0.3) is 0 Å². The highest BCUT2D eigenvalue weighted by Gasteiger charge is 2.66. The minimum atomic E-state index is -0.980. The molecule has 4 fully saturated rings. The second-order valence-electron chi connectivity index (χ2n) is 12.1. The maximum atomic E-state index is 13.2. The van der Waals surface area contributed by atoms with Crippen molar-refractivity contribution in [1.82, 2.24) is 21.3 Å². The van der Waals surface area contributed by atoms with Crippen molar-refractivity contribution in [3.8, 4) is 0 Å². The van der Waals surface area contributed by atoms with E-state index in [0.29, 0.717) is 11.8 Å². The first kappa shape index (κ1) is 29.9. The molecule has 4 N–H and O–H groups in total. The molecule has 0 spiro atoms. The molecule has 11 nitrogen and oxygen atoms in total. The van der Waals surface area contributed by atoms with Crippen LogP contribution in [0.5, 0.6) is 0 Å². The number of nitrogens with one attached hydrogen (secondary N) is 4. The zero-order valence-electron chi connectivity index (χ0n) is 24.1. The van der Waals surface area contributed by atoms with Crippen LogP contribution in [0.25, 0.3) is 0 Å². The lowest BCUT2D eigenvalue weighted by molar-refractivity contribution is -0.185. The molecule has 1 aromatic rings. The summed E-state index contributed by atoms with van der Waals surface area (Å²) in [5, 5.41) is 10.6. The standard InChI is InChI=1S/C28H41BN4O7/c1-16(23(34)30-15-29-39-22-20-13-19(27(20,3)4)14-28(22,5)40-29)31-25(36)21(12-18-10-8-7-9-11-18)33-24(35)17(2)32-26(37)38-6/h7-11,16-17,19-22H,12-15H2,1-6H3,(H,30,34)(H,31,36)(H,32,37)(H,33,35). The number of hydrogen-bond acceptors (Lipinski definition) is 7. The van der Waals surface area contributed by atoms with Crippen molar-refractivity contribution in [3.63, 3.8) is 0 Å². The second kappa shape index (κ2) is 11.8. The summed E-state index contributed by atoms with van der Waals surface area (Å²) in [5.74, 6) is -0.424. The molecule has 40 heavy (non-hydrogen) atoms. The Morgan fingerprint density at radius 1 is 1.00 bits per heavy atom. The van der Waals surface area contributed by atoms with Crippen molar-refractivity contribution in [2.45, 2.75) is 83.7 Å². The lowest BCUT2D eigenvalue weighted by Crippen LogP contribution is -2.63. The highest BCUT2D eigenvalue weighted by Crippen LogP contribution is 2.64. The number of hydrogen-bond donors (Lipinski definition) is 4. The van der Waals surface area contributed by atoms with E-state index in [1.165, 1.54) is 14.0 Å². The summed E-state index contributed by atoms with van der Waals surface area (Å²) < 4.78 is 17.1. The monoisotopic (exact) mass is 556 g/mol. The fraction of sp³-hybridized carbons (Fsp3) is 0.643. The first-order chi connectivity index (χ1) is 18.8. The third-order valence-electron chi connectivity index (χ3n) is 8.89. The van der Waals surface area contributed by atoms with Gasteiger partial charge in [0, 0.05) is 6.42 Å². The molecule has 218 valence electrons. The SMILES string of the molecule is COC(=O)NC(C)C(=O)NC(Cc1ccccc1)C(=O)NC(C)C(=O)NCB1OC2C3CC(CC2(C)O1)C3(C)C. The number of alkyl carbamates (subject to hydrolysis) is 1. The van der Waals surface area contributed by atoms with E-state index >= 15 is 0 Å². The van der Waals surface area contributed by atoms with E-state index < -0.39 is 49.1 Å². The molecule has 1 aliphatic heterocycles. The van der Waals surface area contributed by atoms with E-state index in [1.54, 1.807) is 6.92 Å². The van der Waals surface area contributed by atoms with Gasteiger partial charge in [-0.1, -0.05) is 44.2 Å². The fourth-order valence-corrected chi connectivity index (χ4v) is 6.26. The fourth-order valence-electron chi connectivity index (χ4n) is 6.26. The Balaban J connectivity index is 1.31. The van der Waals surface area contributed by atoms with Crippen LogP contribution < -0.4 is 21.3 Å². The van der Waals surface area contributed by atoms with Gasteiger partial charge in [0.2, 0.25) is 17.7 Å². The van der Waals surface area contributed by atoms with Crippen LogP contribution in [0, 0.1) is 17.3 Å². The average molecular weight is 556 g/mol. The van der Waals surface area contributed by atoms with E-state index in [-0.39, 0.29) is 30.0 Å². The lowest BCUT2D eigenvalue weighted by Gasteiger charge is -2.63. The van der Waals surface area contributed by atoms with Crippen LogP contribution in [0.3, 0.4) is 0 Å². The van der Waals surface area contributed by atoms with Gasteiger partial charge < -0.3 is 35.3 Å². The predicted octanol–water partition coefficient (Wildman–Crippen LogP) is 1.35. The normalized spacial score (nSPS) is 28.1. The zero-order valence-corrected chi connectivity index (χ0v) is 24.1. The summed E-state index contributed by atoms with van der Waals surface area (Å²) in [6, 6.07) is 6.39. The Labute approximate surface area is 236 Å². The van der Waals surface area contributed by atoms with Crippen LogP contribution in [0.1, 0.15) is 53.0 Å². The van der Waals surface area contributed by atoms with Crippen LogP contribution in [-0.4, -0.2) is 74.3 Å². The van der Waals surface area contributed by atoms with Crippen LogP contribution in [0.15, 0.2) is 30.3 Å². The second-order valence-corrected chi connectivity index (χ2v) is 12.1. The third-order valence-corrected chi connectivity index (χ3v) is 8.89. The highest BCUT2D eigenvalue weighted by atomic mass is 16.7. The Morgan fingerprint density at radius 3 is 2.33 bits per heavy atom. The van der Waals surface area contributed by atoms with E-state index in [1.807, 2.05) is 30.3 Å². The molecule has 0 aromatic heterocycles. The van der Waals surface area contributed by atoms with Crippen LogP contribution in [0.4, 0.5) is 4.79 Å². The summed E-state index contributed by atoms with van der Waals surface area (Å²) in [6.45, 7) is 9.73. The van der Waals surface area contributed by atoms with E-state index in [4.69, 9.17) is 9.31 Å². The molecular weight excluding hydrogens is 515 g/mol. The number of amides is 4. The molecule has 0 radical (unpaired) electrons. The van der Waals surface area contributed by atoms with E-state index in [9.17, 15) is 19.2 Å². The molecule has 1 heterocycles. The smallest absolute Gasteiger partial charge is 0.453 e. The van der Waals surface area contributed by atoms with Crippen molar-refractivity contribution in [2.24, 2.45) is 17.3 Å². The molecule has 4 amide bonds.